The zero-order chi connectivity index (χ0) is 16.6. The van der Waals surface area contributed by atoms with Gasteiger partial charge in [0.1, 0.15) is 0 Å². The molecule has 0 aliphatic rings. The van der Waals surface area contributed by atoms with Crippen LogP contribution < -0.4 is 0 Å². The van der Waals surface area contributed by atoms with Gasteiger partial charge in [-0.25, -0.2) is 19.2 Å². The molecule has 21 heavy (non-hydrogen) atoms. The Kier molecular flexibility index (Phi) is 13.9. The van der Waals surface area contributed by atoms with Crippen molar-refractivity contribution in [3.63, 3.8) is 0 Å². The van der Waals surface area contributed by atoms with Crippen LogP contribution in [0.2, 0.25) is 0 Å². The Morgan fingerprint density at radius 1 is 0.476 bits per heavy atom. The van der Waals surface area contributed by atoms with Gasteiger partial charge in [-0.1, -0.05) is 0 Å². The average molecular weight is 451 g/mol. The van der Waals surface area contributed by atoms with Gasteiger partial charge in [-0.15, -0.1) is 0 Å². The monoisotopic (exact) mass is 452 g/mol. The SMILES string of the molecule is O=C(O)C(O)C(O)C(=O)O.O=C(O)C(O)C(O)C(=O)O.[Sm]. The smallest absolute Gasteiger partial charge is 0.335 e. The van der Waals surface area contributed by atoms with Crippen LogP contribution in [0.25, 0.3) is 0 Å². The summed E-state index contributed by atoms with van der Waals surface area (Å²) >= 11 is 0. The molecule has 0 spiro atoms. The number of rotatable bonds is 6. The van der Waals surface area contributed by atoms with E-state index in [4.69, 9.17) is 40.9 Å². The van der Waals surface area contributed by atoms with Crippen LogP contribution in [0.5, 0.6) is 0 Å². The molecule has 8 N–H and O–H groups in total. The number of hydrogen-bond acceptors (Lipinski definition) is 8. The van der Waals surface area contributed by atoms with E-state index in [9.17, 15) is 19.2 Å². The number of hydrogen-bond donors (Lipinski definition) is 8. The molecule has 0 radical (unpaired) electrons. The third kappa shape index (κ3) is 10.4. The Balaban J connectivity index is -0.000000295. The molecule has 0 fully saturated rings. The van der Waals surface area contributed by atoms with Crippen molar-refractivity contribution >= 4 is 23.9 Å². The maximum absolute atomic E-state index is 9.77. The molecule has 0 rings (SSSR count). The van der Waals surface area contributed by atoms with Crippen LogP contribution in [0.4, 0.5) is 0 Å². The van der Waals surface area contributed by atoms with E-state index in [1.165, 1.54) is 0 Å². The summed E-state index contributed by atoms with van der Waals surface area (Å²) in [6, 6.07) is 0. The quantitative estimate of drug-likeness (QED) is 0.192. The Morgan fingerprint density at radius 2 is 0.571 bits per heavy atom. The van der Waals surface area contributed by atoms with Gasteiger partial charge in [-0.2, -0.15) is 0 Å². The summed E-state index contributed by atoms with van der Waals surface area (Å²) in [7, 11) is 0. The molecule has 4 unspecified atom stereocenters. The van der Waals surface area contributed by atoms with Crippen molar-refractivity contribution in [3.05, 3.63) is 0 Å². The number of carbonyl (C=O) groups is 4. The third-order valence-electron chi connectivity index (χ3n) is 1.61. The van der Waals surface area contributed by atoms with Gasteiger partial charge in [0, 0.05) is 40.4 Å². The van der Waals surface area contributed by atoms with E-state index in [0.717, 1.165) is 0 Å². The Hall–Kier alpha value is -0.942. The average Bonchev–Trinajstić information content (AvgIpc) is 2.35. The standard InChI is InChI=1S/2C4H6O6.Sm/c2*5-1(3(7)8)2(6)4(9)10;/h2*1-2,5-6H,(H,7,8)(H,9,10);. The summed E-state index contributed by atoms with van der Waals surface area (Å²) in [6.45, 7) is 0. The van der Waals surface area contributed by atoms with Gasteiger partial charge in [0.05, 0.1) is 0 Å². The molecule has 0 saturated carbocycles. The second-order valence-corrected chi connectivity index (χ2v) is 3.13. The zero-order valence-corrected chi connectivity index (χ0v) is 12.5. The van der Waals surface area contributed by atoms with Gasteiger partial charge >= 0.3 is 23.9 Å². The molecule has 0 aromatic rings. The first-order valence-corrected chi connectivity index (χ1v) is 4.57. The molecule has 0 aliphatic heterocycles. The molecule has 13 heteroatoms. The normalized spacial score (nSPS) is 15.0. The van der Waals surface area contributed by atoms with Crippen LogP contribution in [-0.2, 0) is 19.2 Å². The van der Waals surface area contributed by atoms with Gasteiger partial charge in [0.15, 0.2) is 24.4 Å². The summed E-state index contributed by atoms with van der Waals surface area (Å²) in [5, 5.41) is 65.1. The summed E-state index contributed by atoms with van der Waals surface area (Å²) < 4.78 is 0. The Bertz CT molecular complexity index is 309. The van der Waals surface area contributed by atoms with E-state index in [1.54, 1.807) is 0 Å². The molecule has 0 aromatic carbocycles. The van der Waals surface area contributed by atoms with Crippen molar-refractivity contribution < 1.29 is 100 Å². The number of carboxylic acids is 4. The van der Waals surface area contributed by atoms with E-state index in [2.05, 4.69) is 0 Å². The maximum atomic E-state index is 9.77. The van der Waals surface area contributed by atoms with E-state index in [-0.39, 0.29) is 40.4 Å². The number of carboxylic acid groups (broad SMARTS) is 4. The van der Waals surface area contributed by atoms with E-state index in [0.29, 0.717) is 0 Å². The number of aliphatic hydroxyl groups is 4. The molecule has 0 amide bonds. The van der Waals surface area contributed by atoms with Crippen molar-refractivity contribution in [1.82, 2.24) is 0 Å². The molecule has 0 aromatic heterocycles. The minimum absolute atomic E-state index is 0. The van der Waals surface area contributed by atoms with Crippen LogP contribution in [0.1, 0.15) is 0 Å². The zero-order valence-electron chi connectivity index (χ0n) is 9.93. The fraction of sp³-hybridized carbons (Fsp3) is 0.500. The first kappa shape index (κ1) is 25.0. The van der Waals surface area contributed by atoms with Crippen molar-refractivity contribution in [2.24, 2.45) is 0 Å². The molecule has 0 saturated heterocycles. The third-order valence-corrected chi connectivity index (χ3v) is 1.61. The molecular weight excluding hydrogens is 438 g/mol. The van der Waals surface area contributed by atoms with Gasteiger partial charge in [-0.3, -0.25) is 0 Å². The Labute approximate surface area is 148 Å². The largest absolute Gasteiger partial charge is 0.479 e. The summed E-state index contributed by atoms with van der Waals surface area (Å²) in [6.07, 6.45) is -9.06. The summed E-state index contributed by atoms with van der Waals surface area (Å²) in [5.41, 5.74) is 0. The molecular formula is C8H12O12Sm. The van der Waals surface area contributed by atoms with Crippen molar-refractivity contribution in [3.8, 4) is 0 Å². The van der Waals surface area contributed by atoms with Crippen LogP contribution in [0.15, 0.2) is 0 Å². The van der Waals surface area contributed by atoms with Crippen LogP contribution in [0.3, 0.4) is 0 Å². The first-order chi connectivity index (χ1) is 8.93. The van der Waals surface area contributed by atoms with Gasteiger partial charge in [-0.05, 0) is 0 Å². The predicted octanol–water partition coefficient (Wildman–Crippen LogP) is -4.25. The molecule has 122 valence electrons. The minimum atomic E-state index is -2.27. The van der Waals surface area contributed by atoms with Gasteiger partial charge in [0.25, 0.3) is 0 Å². The number of aliphatic hydroxyl groups excluding tert-OH is 4. The summed E-state index contributed by atoms with van der Waals surface area (Å²) in [5.74, 6) is -7.07. The van der Waals surface area contributed by atoms with E-state index < -0.39 is 48.3 Å². The Morgan fingerprint density at radius 3 is 0.619 bits per heavy atom. The first-order valence-electron chi connectivity index (χ1n) is 4.57. The second kappa shape index (κ2) is 11.7. The fourth-order valence-electron chi connectivity index (χ4n) is 0.540. The number of aliphatic carboxylic acids is 4. The molecule has 0 aliphatic carbocycles. The fourth-order valence-corrected chi connectivity index (χ4v) is 0.540. The second-order valence-electron chi connectivity index (χ2n) is 3.13. The van der Waals surface area contributed by atoms with E-state index in [1.807, 2.05) is 0 Å². The van der Waals surface area contributed by atoms with E-state index >= 15 is 0 Å². The molecule has 0 heterocycles. The van der Waals surface area contributed by atoms with Gasteiger partial charge < -0.3 is 40.9 Å². The van der Waals surface area contributed by atoms with Gasteiger partial charge in [0.2, 0.25) is 0 Å². The predicted molar refractivity (Wildman–Crippen MR) is 54.6 cm³/mol. The van der Waals surface area contributed by atoms with Crippen molar-refractivity contribution in [2.45, 2.75) is 24.4 Å². The van der Waals surface area contributed by atoms with Crippen LogP contribution in [-0.4, -0.2) is 89.1 Å². The maximum Gasteiger partial charge on any atom is 0.335 e. The molecule has 12 nitrogen and oxygen atoms in total. The van der Waals surface area contributed by atoms with Crippen molar-refractivity contribution in [2.75, 3.05) is 0 Å². The van der Waals surface area contributed by atoms with Crippen LogP contribution >= 0.6 is 0 Å². The summed E-state index contributed by atoms with van der Waals surface area (Å²) in [4.78, 5) is 39.1. The minimum Gasteiger partial charge on any atom is -0.479 e. The topological polar surface area (TPSA) is 230 Å². The van der Waals surface area contributed by atoms with Crippen molar-refractivity contribution in [1.29, 1.82) is 0 Å². The molecule has 4 atom stereocenters. The molecule has 0 bridgehead atoms. The van der Waals surface area contributed by atoms with Crippen LogP contribution in [0, 0.1) is 40.4 Å².